The van der Waals surface area contributed by atoms with Crippen LogP contribution in [0.25, 0.3) is 0 Å². The molecule has 1 aromatic heterocycles. The molecular formula is C12H18N4O2. The van der Waals surface area contributed by atoms with E-state index >= 15 is 0 Å². The lowest BCUT2D eigenvalue weighted by atomic mass is 9.96. The number of aromatic nitrogens is 2. The lowest BCUT2D eigenvalue weighted by Gasteiger charge is -2.34. The Balaban J connectivity index is 2.11. The number of likely N-dealkylation sites (tertiary alicyclic amines) is 1. The highest BCUT2D eigenvalue weighted by atomic mass is 16.3. The summed E-state index contributed by atoms with van der Waals surface area (Å²) in [5.41, 5.74) is 0.338. The van der Waals surface area contributed by atoms with Gasteiger partial charge < -0.3 is 15.3 Å². The first-order valence-corrected chi connectivity index (χ1v) is 6.09. The first kappa shape index (κ1) is 12.8. The summed E-state index contributed by atoms with van der Waals surface area (Å²) in [5.74, 6) is 0.549. The summed E-state index contributed by atoms with van der Waals surface area (Å²) in [6.45, 7) is 3.07. The van der Waals surface area contributed by atoms with Crippen LogP contribution in [0.5, 0.6) is 0 Å². The van der Waals surface area contributed by atoms with E-state index in [2.05, 4.69) is 15.3 Å². The fourth-order valence-electron chi connectivity index (χ4n) is 2.07. The first-order valence-electron chi connectivity index (χ1n) is 6.09. The molecule has 0 radical (unpaired) electrons. The van der Waals surface area contributed by atoms with Crippen molar-refractivity contribution in [2.24, 2.45) is 5.92 Å². The summed E-state index contributed by atoms with van der Waals surface area (Å²) in [4.78, 5) is 22.1. The molecule has 1 aliphatic heterocycles. The average molecular weight is 250 g/mol. The van der Waals surface area contributed by atoms with Crippen molar-refractivity contribution >= 4 is 11.7 Å². The zero-order valence-corrected chi connectivity index (χ0v) is 10.6. The third-order valence-corrected chi connectivity index (χ3v) is 3.26. The van der Waals surface area contributed by atoms with Gasteiger partial charge in [-0.2, -0.15) is 0 Å². The number of carbonyl (C=O) groups is 1. The number of nitrogens with one attached hydrogen (secondary N) is 1. The van der Waals surface area contributed by atoms with Crippen LogP contribution in [0, 0.1) is 5.92 Å². The van der Waals surface area contributed by atoms with Crippen LogP contribution in [-0.2, 0) is 0 Å². The standard InChI is InChI=1S/C12H18N4O2/c1-8-7-16(4-3-10(8)17)12(18)9-5-14-6-11(13-2)15-9/h5-6,8,10,17H,3-4,7H2,1-2H3,(H,13,15). The van der Waals surface area contributed by atoms with Gasteiger partial charge in [-0.25, -0.2) is 4.98 Å². The summed E-state index contributed by atoms with van der Waals surface area (Å²) in [6, 6.07) is 0. The molecule has 2 heterocycles. The summed E-state index contributed by atoms with van der Waals surface area (Å²) in [6.07, 6.45) is 3.34. The van der Waals surface area contributed by atoms with Gasteiger partial charge in [0.2, 0.25) is 0 Å². The largest absolute Gasteiger partial charge is 0.393 e. The Morgan fingerprint density at radius 3 is 3.00 bits per heavy atom. The number of rotatable bonds is 2. The van der Waals surface area contributed by atoms with Gasteiger partial charge in [0.15, 0.2) is 0 Å². The van der Waals surface area contributed by atoms with E-state index in [1.165, 1.54) is 6.20 Å². The Morgan fingerprint density at radius 1 is 1.56 bits per heavy atom. The quantitative estimate of drug-likeness (QED) is 0.792. The minimum atomic E-state index is -0.316. The highest BCUT2D eigenvalue weighted by Gasteiger charge is 2.28. The highest BCUT2D eigenvalue weighted by Crippen LogP contribution is 2.18. The second-order valence-corrected chi connectivity index (χ2v) is 4.62. The van der Waals surface area contributed by atoms with Crippen molar-refractivity contribution in [1.29, 1.82) is 0 Å². The summed E-state index contributed by atoms with van der Waals surface area (Å²) >= 11 is 0. The number of piperidine rings is 1. The smallest absolute Gasteiger partial charge is 0.274 e. The van der Waals surface area contributed by atoms with Gasteiger partial charge in [0.05, 0.1) is 18.5 Å². The summed E-state index contributed by atoms with van der Waals surface area (Å²) in [7, 11) is 1.73. The third-order valence-electron chi connectivity index (χ3n) is 3.26. The number of carbonyl (C=O) groups excluding carboxylic acids is 1. The van der Waals surface area contributed by atoms with Gasteiger partial charge in [0.1, 0.15) is 11.5 Å². The molecular weight excluding hydrogens is 232 g/mol. The summed E-state index contributed by atoms with van der Waals surface area (Å²) in [5, 5.41) is 12.5. The molecule has 0 aromatic carbocycles. The maximum Gasteiger partial charge on any atom is 0.274 e. The van der Waals surface area contributed by atoms with Crippen molar-refractivity contribution in [1.82, 2.24) is 14.9 Å². The van der Waals surface area contributed by atoms with E-state index in [4.69, 9.17) is 0 Å². The molecule has 1 aromatic rings. The lowest BCUT2D eigenvalue weighted by molar-refractivity contribution is 0.0294. The minimum absolute atomic E-state index is 0.100. The Labute approximate surface area is 106 Å². The van der Waals surface area contributed by atoms with E-state index in [-0.39, 0.29) is 17.9 Å². The maximum absolute atomic E-state index is 12.2. The van der Waals surface area contributed by atoms with Crippen LogP contribution in [0.3, 0.4) is 0 Å². The predicted octanol–water partition coefficient (Wildman–Crippen LogP) is 0.361. The van der Waals surface area contributed by atoms with Gasteiger partial charge in [-0.3, -0.25) is 9.78 Å². The van der Waals surface area contributed by atoms with Crippen molar-refractivity contribution in [2.45, 2.75) is 19.4 Å². The normalized spacial score (nSPS) is 23.8. The molecule has 0 spiro atoms. The first-order chi connectivity index (χ1) is 8.61. The van der Waals surface area contributed by atoms with Crippen molar-refractivity contribution < 1.29 is 9.90 Å². The molecule has 2 atom stereocenters. The lowest BCUT2D eigenvalue weighted by Crippen LogP contribution is -2.45. The Morgan fingerprint density at radius 2 is 2.33 bits per heavy atom. The second-order valence-electron chi connectivity index (χ2n) is 4.62. The molecule has 2 unspecified atom stereocenters. The van der Waals surface area contributed by atoms with Gasteiger partial charge in [0.25, 0.3) is 5.91 Å². The third kappa shape index (κ3) is 2.59. The Hall–Kier alpha value is -1.69. The van der Waals surface area contributed by atoms with Crippen LogP contribution < -0.4 is 5.32 Å². The Bertz CT molecular complexity index is 438. The maximum atomic E-state index is 12.2. The number of hydrogen-bond acceptors (Lipinski definition) is 5. The molecule has 0 aliphatic carbocycles. The monoisotopic (exact) mass is 250 g/mol. The molecule has 2 rings (SSSR count). The zero-order valence-electron chi connectivity index (χ0n) is 10.6. The Kier molecular flexibility index (Phi) is 3.76. The van der Waals surface area contributed by atoms with Crippen molar-refractivity contribution in [3.8, 4) is 0 Å². The summed E-state index contributed by atoms with van der Waals surface area (Å²) < 4.78 is 0. The number of aliphatic hydroxyl groups excluding tert-OH is 1. The molecule has 98 valence electrons. The highest BCUT2D eigenvalue weighted by molar-refractivity contribution is 5.92. The topological polar surface area (TPSA) is 78.4 Å². The van der Waals surface area contributed by atoms with Gasteiger partial charge in [-0.1, -0.05) is 6.92 Å². The molecule has 2 N–H and O–H groups in total. The molecule has 0 bridgehead atoms. The molecule has 1 saturated heterocycles. The molecule has 6 nitrogen and oxygen atoms in total. The van der Waals surface area contributed by atoms with E-state index in [0.29, 0.717) is 31.0 Å². The van der Waals surface area contributed by atoms with E-state index in [1.807, 2.05) is 6.92 Å². The van der Waals surface area contributed by atoms with E-state index in [1.54, 1.807) is 18.1 Å². The second kappa shape index (κ2) is 5.30. The van der Waals surface area contributed by atoms with E-state index < -0.39 is 0 Å². The van der Waals surface area contributed by atoms with Crippen LogP contribution in [-0.4, -0.2) is 52.1 Å². The van der Waals surface area contributed by atoms with Gasteiger partial charge in [-0.15, -0.1) is 0 Å². The zero-order chi connectivity index (χ0) is 13.1. The minimum Gasteiger partial charge on any atom is -0.393 e. The van der Waals surface area contributed by atoms with Crippen LogP contribution in [0.4, 0.5) is 5.82 Å². The van der Waals surface area contributed by atoms with Crippen LogP contribution in [0.1, 0.15) is 23.8 Å². The van der Waals surface area contributed by atoms with Crippen molar-refractivity contribution in [2.75, 3.05) is 25.5 Å². The fourth-order valence-corrected chi connectivity index (χ4v) is 2.07. The SMILES string of the molecule is CNc1cncc(C(=O)N2CCC(O)C(C)C2)n1. The van der Waals surface area contributed by atoms with E-state index in [9.17, 15) is 9.90 Å². The van der Waals surface area contributed by atoms with Crippen LogP contribution >= 0.6 is 0 Å². The molecule has 6 heteroatoms. The number of aliphatic hydroxyl groups is 1. The number of anilines is 1. The van der Waals surface area contributed by atoms with Crippen LogP contribution in [0.2, 0.25) is 0 Å². The van der Waals surface area contributed by atoms with Gasteiger partial charge in [-0.05, 0) is 12.3 Å². The van der Waals surface area contributed by atoms with Crippen molar-refractivity contribution in [3.63, 3.8) is 0 Å². The average Bonchev–Trinajstić information content (AvgIpc) is 2.41. The van der Waals surface area contributed by atoms with Crippen molar-refractivity contribution in [3.05, 3.63) is 18.1 Å². The number of hydrogen-bond donors (Lipinski definition) is 2. The number of amides is 1. The fraction of sp³-hybridized carbons (Fsp3) is 0.583. The van der Waals surface area contributed by atoms with Gasteiger partial charge >= 0.3 is 0 Å². The van der Waals surface area contributed by atoms with E-state index in [0.717, 1.165) is 0 Å². The molecule has 0 saturated carbocycles. The van der Waals surface area contributed by atoms with Crippen LogP contribution in [0.15, 0.2) is 12.4 Å². The van der Waals surface area contributed by atoms with Gasteiger partial charge in [0, 0.05) is 20.1 Å². The molecule has 1 fully saturated rings. The predicted molar refractivity (Wildman–Crippen MR) is 67.3 cm³/mol. The molecule has 18 heavy (non-hydrogen) atoms. The molecule has 1 amide bonds. The molecule has 1 aliphatic rings. The number of nitrogens with zero attached hydrogens (tertiary/aromatic N) is 3.